The lowest BCUT2D eigenvalue weighted by Crippen LogP contribution is -2.36. The average Bonchev–Trinajstić information content (AvgIpc) is 3.17. The number of nitrogens with zero attached hydrogens (tertiary/aromatic N) is 3. The third kappa shape index (κ3) is 3.90. The molecule has 0 fully saturated rings. The number of benzene rings is 2. The van der Waals surface area contributed by atoms with Crippen LogP contribution in [0.1, 0.15) is 40.0 Å². The average molecular weight is 414 g/mol. The van der Waals surface area contributed by atoms with Gasteiger partial charge in [0.05, 0.1) is 12.2 Å². The number of carbonyl (C=O) groups is 1. The molecule has 1 aromatic heterocycles. The van der Waals surface area contributed by atoms with E-state index in [4.69, 9.17) is 0 Å². The van der Waals surface area contributed by atoms with Crippen LogP contribution in [-0.2, 0) is 6.54 Å². The van der Waals surface area contributed by atoms with Crippen molar-refractivity contribution in [3.8, 4) is 0 Å². The molecule has 1 N–H and O–H groups in total. The third-order valence-corrected chi connectivity index (χ3v) is 5.28. The number of hydrogen-bond acceptors (Lipinski definition) is 3. The fourth-order valence-corrected chi connectivity index (χ4v) is 3.76. The van der Waals surface area contributed by atoms with Crippen LogP contribution in [0.15, 0.2) is 66.9 Å². The highest BCUT2D eigenvalue weighted by Gasteiger charge is 2.47. The maximum atomic E-state index is 13.8. The summed E-state index contributed by atoms with van der Waals surface area (Å²) in [6.45, 7) is 0.342. The number of fused-ring (bicyclic) bond motifs is 1. The normalized spacial score (nSPS) is 18.4. The summed E-state index contributed by atoms with van der Waals surface area (Å²) in [4.78, 5) is 14.5. The van der Waals surface area contributed by atoms with E-state index in [-0.39, 0.29) is 23.7 Å². The number of anilines is 1. The van der Waals surface area contributed by atoms with Crippen molar-refractivity contribution in [3.63, 3.8) is 0 Å². The van der Waals surface area contributed by atoms with Crippen LogP contribution < -0.4 is 5.32 Å². The van der Waals surface area contributed by atoms with Crippen molar-refractivity contribution in [2.45, 2.75) is 31.2 Å². The van der Waals surface area contributed by atoms with Crippen molar-refractivity contribution in [2.24, 2.45) is 0 Å². The van der Waals surface area contributed by atoms with Crippen LogP contribution in [-0.4, -0.2) is 33.8 Å². The van der Waals surface area contributed by atoms with Crippen molar-refractivity contribution in [1.82, 2.24) is 14.7 Å². The number of nitrogens with one attached hydrogen (secondary N) is 1. The first-order chi connectivity index (χ1) is 14.3. The second kappa shape index (κ2) is 7.85. The highest BCUT2D eigenvalue weighted by Crippen LogP contribution is 2.44. The molecule has 3 aromatic rings. The minimum Gasteiger partial charge on any atom is -0.363 e. The van der Waals surface area contributed by atoms with Gasteiger partial charge in [-0.3, -0.25) is 4.79 Å². The molecular formula is C22H21F3N4O. The molecule has 0 saturated heterocycles. The van der Waals surface area contributed by atoms with E-state index in [1.165, 1.54) is 11.1 Å². The first-order valence-electron chi connectivity index (χ1n) is 9.59. The summed E-state index contributed by atoms with van der Waals surface area (Å²) in [6, 6.07) is 16.0. The first kappa shape index (κ1) is 20.0. The van der Waals surface area contributed by atoms with Gasteiger partial charge in [0.15, 0.2) is 6.04 Å². The van der Waals surface area contributed by atoms with Crippen molar-refractivity contribution in [2.75, 3.05) is 12.4 Å². The van der Waals surface area contributed by atoms with E-state index in [0.717, 1.165) is 15.8 Å². The standard InChI is InChI=1S/C22H21F3N4O/c1-28(14-15-8-4-2-5-9-15)21(30)17-13-26-29-19(22(23,24)25)12-18(27-20(17)29)16-10-6-3-7-11-16/h2-11,13,18-19,27H,12,14H2,1H3/t18-,19-/m0/s1. The van der Waals surface area contributed by atoms with Gasteiger partial charge in [0.25, 0.3) is 5.91 Å². The Labute approximate surface area is 172 Å². The van der Waals surface area contributed by atoms with Gasteiger partial charge in [-0.25, -0.2) is 4.68 Å². The number of rotatable bonds is 4. The summed E-state index contributed by atoms with van der Waals surface area (Å²) in [5.41, 5.74) is 1.79. The van der Waals surface area contributed by atoms with Crippen LogP contribution >= 0.6 is 0 Å². The molecule has 2 aromatic carbocycles. The molecule has 0 radical (unpaired) electrons. The minimum absolute atomic E-state index is 0.0994. The first-order valence-corrected chi connectivity index (χ1v) is 9.59. The van der Waals surface area contributed by atoms with Gasteiger partial charge in [0.2, 0.25) is 0 Å². The van der Waals surface area contributed by atoms with Crippen LogP contribution in [0, 0.1) is 0 Å². The lowest BCUT2D eigenvalue weighted by Gasteiger charge is -2.34. The molecule has 0 unspecified atom stereocenters. The van der Waals surface area contributed by atoms with E-state index in [1.54, 1.807) is 31.3 Å². The molecule has 2 heterocycles. The van der Waals surface area contributed by atoms with Gasteiger partial charge in [0.1, 0.15) is 11.4 Å². The van der Waals surface area contributed by atoms with Gasteiger partial charge >= 0.3 is 6.18 Å². The summed E-state index contributed by atoms with van der Waals surface area (Å²) < 4.78 is 42.2. The molecule has 0 aliphatic carbocycles. The molecule has 8 heteroatoms. The fraction of sp³-hybridized carbons (Fsp3) is 0.273. The highest BCUT2D eigenvalue weighted by molar-refractivity contribution is 5.98. The maximum Gasteiger partial charge on any atom is 0.410 e. The van der Waals surface area contributed by atoms with Crippen LogP contribution in [0.25, 0.3) is 0 Å². The van der Waals surface area contributed by atoms with Crippen molar-refractivity contribution >= 4 is 11.7 Å². The summed E-state index contributed by atoms with van der Waals surface area (Å²) in [5.74, 6) is -0.287. The SMILES string of the molecule is CN(Cc1ccccc1)C(=O)c1cnn2c1N[C@H](c1ccccc1)C[C@H]2C(F)(F)F. The van der Waals surface area contributed by atoms with Crippen LogP contribution in [0.2, 0.25) is 0 Å². The van der Waals surface area contributed by atoms with Gasteiger partial charge in [-0.15, -0.1) is 0 Å². The lowest BCUT2D eigenvalue weighted by molar-refractivity contribution is -0.173. The van der Waals surface area contributed by atoms with Gasteiger partial charge in [0, 0.05) is 20.0 Å². The zero-order valence-corrected chi connectivity index (χ0v) is 16.3. The van der Waals surface area contributed by atoms with Gasteiger partial charge < -0.3 is 10.2 Å². The summed E-state index contributed by atoms with van der Waals surface area (Å²) in [7, 11) is 1.62. The second-order valence-corrected chi connectivity index (χ2v) is 7.40. The molecular weight excluding hydrogens is 393 g/mol. The van der Waals surface area contributed by atoms with Crippen molar-refractivity contribution in [1.29, 1.82) is 0 Å². The Morgan fingerprint density at radius 3 is 2.40 bits per heavy atom. The van der Waals surface area contributed by atoms with Gasteiger partial charge in [-0.05, 0) is 11.1 Å². The lowest BCUT2D eigenvalue weighted by atomic mass is 9.96. The number of alkyl halides is 3. The van der Waals surface area contributed by atoms with E-state index >= 15 is 0 Å². The number of aromatic nitrogens is 2. The molecule has 0 bridgehead atoms. The molecule has 0 spiro atoms. The summed E-state index contributed by atoms with van der Waals surface area (Å²) in [6.07, 6.45) is -3.46. The van der Waals surface area contributed by atoms with E-state index in [0.29, 0.717) is 6.54 Å². The minimum atomic E-state index is -4.48. The van der Waals surface area contributed by atoms with E-state index in [2.05, 4.69) is 10.4 Å². The predicted molar refractivity (Wildman–Crippen MR) is 107 cm³/mol. The molecule has 1 amide bonds. The molecule has 4 rings (SSSR count). The van der Waals surface area contributed by atoms with E-state index in [1.807, 2.05) is 36.4 Å². The zero-order valence-electron chi connectivity index (χ0n) is 16.3. The van der Waals surface area contributed by atoms with Crippen molar-refractivity contribution < 1.29 is 18.0 Å². The van der Waals surface area contributed by atoms with Gasteiger partial charge in [-0.2, -0.15) is 18.3 Å². The second-order valence-electron chi connectivity index (χ2n) is 7.40. The Balaban J connectivity index is 1.66. The third-order valence-electron chi connectivity index (χ3n) is 5.28. The van der Waals surface area contributed by atoms with Crippen LogP contribution in [0.5, 0.6) is 0 Å². The monoisotopic (exact) mass is 414 g/mol. The molecule has 1 aliphatic heterocycles. The molecule has 1 aliphatic rings. The predicted octanol–water partition coefficient (Wildman–Crippen LogP) is 4.82. The summed E-state index contributed by atoms with van der Waals surface area (Å²) in [5, 5.41) is 7.05. The Bertz CT molecular complexity index is 1020. The zero-order chi connectivity index (χ0) is 21.3. The van der Waals surface area contributed by atoms with E-state index in [9.17, 15) is 18.0 Å². The topological polar surface area (TPSA) is 50.2 Å². The number of hydrogen-bond donors (Lipinski definition) is 1. The van der Waals surface area contributed by atoms with E-state index < -0.39 is 18.3 Å². The molecule has 0 saturated carbocycles. The molecule has 2 atom stereocenters. The maximum absolute atomic E-state index is 13.8. The smallest absolute Gasteiger partial charge is 0.363 e. The Kier molecular flexibility index (Phi) is 5.24. The Hall–Kier alpha value is -3.29. The largest absolute Gasteiger partial charge is 0.410 e. The highest BCUT2D eigenvalue weighted by atomic mass is 19.4. The molecule has 5 nitrogen and oxygen atoms in total. The van der Waals surface area contributed by atoms with Crippen LogP contribution in [0.3, 0.4) is 0 Å². The number of halogens is 3. The quantitative estimate of drug-likeness (QED) is 0.666. The molecule has 30 heavy (non-hydrogen) atoms. The number of carbonyl (C=O) groups excluding carboxylic acids is 1. The van der Waals surface area contributed by atoms with Gasteiger partial charge in [-0.1, -0.05) is 60.7 Å². The summed E-state index contributed by atoms with van der Waals surface area (Å²) >= 11 is 0. The fourth-order valence-electron chi connectivity index (χ4n) is 3.76. The Morgan fingerprint density at radius 2 is 1.77 bits per heavy atom. The molecule has 156 valence electrons. The van der Waals surface area contributed by atoms with Crippen molar-refractivity contribution in [3.05, 3.63) is 83.6 Å². The number of amides is 1. The van der Waals surface area contributed by atoms with Crippen LogP contribution in [0.4, 0.5) is 19.0 Å². The Morgan fingerprint density at radius 1 is 1.13 bits per heavy atom.